The van der Waals surface area contributed by atoms with E-state index in [1.165, 1.54) is 31.2 Å². The first-order valence-electron chi connectivity index (χ1n) is 7.73. The van der Waals surface area contributed by atoms with Gasteiger partial charge in [0.15, 0.2) is 0 Å². The first-order chi connectivity index (χ1) is 10.2. The lowest BCUT2D eigenvalue weighted by Gasteiger charge is -2.26. The lowest BCUT2D eigenvalue weighted by atomic mass is 9.80. The number of anilines is 2. The minimum Gasteiger partial charge on any atom is -0.323 e. The molecule has 3 rings (SSSR count). The molecule has 0 amide bonds. The van der Waals surface area contributed by atoms with Crippen molar-refractivity contribution < 1.29 is 0 Å². The third kappa shape index (κ3) is 3.38. The highest BCUT2D eigenvalue weighted by molar-refractivity contribution is 5.57. The molecule has 0 saturated heterocycles. The summed E-state index contributed by atoms with van der Waals surface area (Å²) in [7, 11) is 0. The van der Waals surface area contributed by atoms with Gasteiger partial charge in [-0.1, -0.05) is 19.8 Å². The Balaban J connectivity index is 1.79. The number of nitrogens with one attached hydrogen (secondary N) is 1. The van der Waals surface area contributed by atoms with Gasteiger partial charge in [-0.15, -0.1) is 0 Å². The Morgan fingerprint density at radius 2 is 1.76 bits per heavy atom. The Labute approximate surface area is 126 Å². The van der Waals surface area contributed by atoms with Gasteiger partial charge in [0.05, 0.1) is 11.4 Å². The molecule has 1 N–H and O–H groups in total. The quantitative estimate of drug-likeness (QED) is 0.915. The summed E-state index contributed by atoms with van der Waals surface area (Å²) in [6.45, 7) is 4.36. The average molecular weight is 282 g/mol. The van der Waals surface area contributed by atoms with Gasteiger partial charge < -0.3 is 5.32 Å². The van der Waals surface area contributed by atoms with E-state index in [1.54, 1.807) is 12.4 Å². The number of hydrogen-bond donors (Lipinski definition) is 1. The van der Waals surface area contributed by atoms with Crippen molar-refractivity contribution in [3.63, 3.8) is 0 Å². The maximum atomic E-state index is 4.55. The predicted octanol–water partition coefficient (Wildman–Crippen LogP) is 4.22. The van der Waals surface area contributed by atoms with Crippen LogP contribution in [0.3, 0.4) is 0 Å². The van der Waals surface area contributed by atoms with Crippen LogP contribution in [-0.2, 0) is 0 Å². The van der Waals surface area contributed by atoms with Gasteiger partial charge in [0, 0.05) is 18.6 Å². The molecule has 0 radical (unpaired) electrons. The monoisotopic (exact) mass is 282 g/mol. The molecule has 2 aromatic rings. The lowest BCUT2D eigenvalue weighted by molar-refractivity contribution is 0.347. The van der Waals surface area contributed by atoms with Gasteiger partial charge in [-0.05, 0) is 49.3 Å². The third-order valence-electron chi connectivity index (χ3n) is 4.41. The molecule has 4 heteroatoms. The fraction of sp³-hybridized carbons (Fsp3) is 0.471. The number of hydrogen-bond acceptors (Lipinski definition) is 4. The van der Waals surface area contributed by atoms with E-state index >= 15 is 0 Å². The van der Waals surface area contributed by atoms with Crippen molar-refractivity contribution >= 4 is 11.6 Å². The van der Waals surface area contributed by atoms with Crippen molar-refractivity contribution in [3.8, 4) is 0 Å². The molecule has 0 atom stereocenters. The van der Waals surface area contributed by atoms with Crippen molar-refractivity contribution in [1.29, 1.82) is 0 Å². The largest absolute Gasteiger partial charge is 0.323 e. The average Bonchev–Trinajstić information content (AvgIpc) is 2.51. The third-order valence-corrected chi connectivity index (χ3v) is 4.41. The molecule has 2 aromatic heterocycles. The van der Waals surface area contributed by atoms with Crippen LogP contribution in [0.1, 0.15) is 49.8 Å². The molecule has 1 aliphatic carbocycles. The van der Waals surface area contributed by atoms with Crippen LogP contribution in [0.4, 0.5) is 11.6 Å². The van der Waals surface area contributed by atoms with Crippen LogP contribution in [-0.4, -0.2) is 15.0 Å². The molecular weight excluding hydrogens is 260 g/mol. The highest BCUT2D eigenvalue weighted by Gasteiger charge is 2.20. The topological polar surface area (TPSA) is 50.7 Å². The van der Waals surface area contributed by atoms with Gasteiger partial charge >= 0.3 is 0 Å². The van der Waals surface area contributed by atoms with Gasteiger partial charge in [-0.3, -0.25) is 4.98 Å². The van der Waals surface area contributed by atoms with Crippen LogP contribution >= 0.6 is 0 Å². The van der Waals surface area contributed by atoms with Crippen LogP contribution in [0.25, 0.3) is 0 Å². The number of aromatic nitrogens is 3. The standard InChI is InChI=1S/C17H22N4/c1-12-4-6-14(7-5-12)15-10-16(13(2)20-11-15)21-17-18-8-3-9-19-17/h3,8-12,14H,4-7H2,1-2H3,(H,18,19,21)/t12-,14-. The zero-order valence-electron chi connectivity index (χ0n) is 12.7. The molecule has 2 heterocycles. The zero-order chi connectivity index (χ0) is 14.7. The van der Waals surface area contributed by atoms with E-state index in [1.807, 2.05) is 19.2 Å². The molecule has 0 aromatic carbocycles. The van der Waals surface area contributed by atoms with Crippen molar-refractivity contribution in [1.82, 2.24) is 15.0 Å². The van der Waals surface area contributed by atoms with Crippen LogP contribution in [0, 0.1) is 12.8 Å². The molecule has 110 valence electrons. The van der Waals surface area contributed by atoms with E-state index in [4.69, 9.17) is 0 Å². The summed E-state index contributed by atoms with van der Waals surface area (Å²) >= 11 is 0. The molecule has 0 unspecified atom stereocenters. The van der Waals surface area contributed by atoms with E-state index in [0.29, 0.717) is 11.9 Å². The van der Waals surface area contributed by atoms with Gasteiger partial charge in [-0.2, -0.15) is 0 Å². The van der Waals surface area contributed by atoms with E-state index in [2.05, 4.69) is 33.3 Å². The summed E-state index contributed by atoms with van der Waals surface area (Å²) in [4.78, 5) is 13.0. The SMILES string of the molecule is Cc1ncc([C@H]2CC[C@H](C)CC2)cc1Nc1ncccn1. The maximum Gasteiger partial charge on any atom is 0.227 e. The maximum absolute atomic E-state index is 4.55. The molecular formula is C17H22N4. The van der Waals surface area contributed by atoms with Gasteiger partial charge in [0.1, 0.15) is 0 Å². The van der Waals surface area contributed by atoms with Gasteiger partial charge in [0.25, 0.3) is 0 Å². The van der Waals surface area contributed by atoms with E-state index < -0.39 is 0 Å². The van der Waals surface area contributed by atoms with Crippen molar-refractivity contribution in [3.05, 3.63) is 42.0 Å². The lowest BCUT2D eigenvalue weighted by Crippen LogP contribution is -2.11. The summed E-state index contributed by atoms with van der Waals surface area (Å²) < 4.78 is 0. The van der Waals surface area contributed by atoms with Crippen molar-refractivity contribution in [2.24, 2.45) is 5.92 Å². The molecule has 21 heavy (non-hydrogen) atoms. The summed E-state index contributed by atoms with van der Waals surface area (Å²) in [6.07, 6.45) is 10.7. The summed E-state index contributed by atoms with van der Waals surface area (Å²) in [6, 6.07) is 4.04. The van der Waals surface area contributed by atoms with E-state index in [0.717, 1.165) is 17.3 Å². The van der Waals surface area contributed by atoms with Crippen molar-refractivity contribution in [2.45, 2.75) is 45.4 Å². The smallest absolute Gasteiger partial charge is 0.227 e. The Hall–Kier alpha value is -1.97. The second-order valence-corrected chi connectivity index (χ2v) is 6.06. The Morgan fingerprint density at radius 1 is 1.05 bits per heavy atom. The molecule has 1 aliphatic rings. The summed E-state index contributed by atoms with van der Waals surface area (Å²) in [5.41, 5.74) is 3.33. The molecule has 0 aliphatic heterocycles. The Bertz CT molecular complexity index is 589. The Morgan fingerprint density at radius 3 is 2.48 bits per heavy atom. The number of rotatable bonds is 3. The van der Waals surface area contributed by atoms with Gasteiger partial charge in [0.2, 0.25) is 5.95 Å². The summed E-state index contributed by atoms with van der Waals surface area (Å²) in [5, 5.41) is 3.28. The normalized spacial score (nSPS) is 22.0. The van der Waals surface area contributed by atoms with E-state index in [9.17, 15) is 0 Å². The molecule has 1 fully saturated rings. The van der Waals surface area contributed by atoms with Crippen LogP contribution < -0.4 is 5.32 Å². The van der Waals surface area contributed by atoms with E-state index in [-0.39, 0.29) is 0 Å². The first-order valence-corrected chi connectivity index (χ1v) is 7.73. The molecule has 4 nitrogen and oxygen atoms in total. The van der Waals surface area contributed by atoms with Crippen molar-refractivity contribution in [2.75, 3.05) is 5.32 Å². The minimum absolute atomic E-state index is 0.622. The fourth-order valence-corrected chi connectivity index (χ4v) is 2.98. The van der Waals surface area contributed by atoms with Crippen LogP contribution in [0.15, 0.2) is 30.7 Å². The Kier molecular flexibility index (Phi) is 4.13. The number of nitrogens with zero attached hydrogens (tertiary/aromatic N) is 3. The summed E-state index contributed by atoms with van der Waals surface area (Å²) in [5.74, 6) is 2.14. The predicted molar refractivity (Wildman–Crippen MR) is 84.7 cm³/mol. The highest BCUT2D eigenvalue weighted by atomic mass is 15.1. The van der Waals surface area contributed by atoms with Gasteiger partial charge in [-0.25, -0.2) is 9.97 Å². The van der Waals surface area contributed by atoms with Crippen LogP contribution in [0.2, 0.25) is 0 Å². The second-order valence-electron chi connectivity index (χ2n) is 6.06. The van der Waals surface area contributed by atoms with Crippen LogP contribution in [0.5, 0.6) is 0 Å². The number of aryl methyl sites for hydroxylation is 1. The first kappa shape index (κ1) is 14.0. The molecule has 1 saturated carbocycles. The fourth-order valence-electron chi connectivity index (χ4n) is 2.98. The minimum atomic E-state index is 0.622. The number of pyridine rings is 1. The zero-order valence-corrected chi connectivity index (χ0v) is 12.7. The highest BCUT2D eigenvalue weighted by Crippen LogP contribution is 2.36. The molecule has 0 bridgehead atoms. The second kappa shape index (κ2) is 6.20. The molecule has 0 spiro atoms.